The highest BCUT2D eigenvalue weighted by Gasteiger charge is 2.30. The second kappa shape index (κ2) is 66.0. The van der Waals surface area contributed by atoms with Gasteiger partial charge in [0.05, 0.1) is 26.4 Å². The fourth-order valence-corrected chi connectivity index (χ4v) is 12.9. The van der Waals surface area contributed by atoms with Crippen molar-refractivity contribution < 1.29 is 80.2 Å². The maximum atomic E-state index is 13.1. The topological polar surface area (TPSA) is 237 Å². The molecule has 0 radical (unpaired) electrons. The van der Waals surface area contributed by atoms with Crippen molar-refractivity contribution in [1.29, 1.82) is 0 Å². The normalized spacial score (nSPS) is 14.1. The van der Waals surface area contributed by atoms with Crippen LogP contribution < -0.4 is 0 Å². The molecule has 93 heavy (non-hydrogen) atoms. The molecule has 0 aliphatic rings. The van der Waals surface area contributed by atoms with Crippen molar-refractivity contribution in [1.82, 2.24) is 0 Å². The van der Waals surface area contributed by atoms with E-state index in [-0.39, 0.29) is 25.7 Å². The molecule has 0 rings (SSSR count). The van der Waals surface area contributed by atoms with Crippen LogP contribution in [0.4, 0.5) is 0 Å². The second-order valence-corrected chi connectivity index (χ2v) is 30.5. The molecule has 0 spiro atoms. The maximum absolute atomic E-state index is 13.1. The van der Waals surface area contributed by atoms with Gasteiger partial charge in [0.2, 0.25) is 0 Å². The Hall–Kier alpha value is -1.94. The van der Waals surface area contributed by atoms with Crippen LogP contribution in [-0.4, -0.2) is 96.7 Å². The van der Waals surface area contributed by atoms with Crippen molar-refractivity contribution in [2.24, 2.45) is 11.8 Å². The Morgan fingerprint density at radius 2 is 0.495 bits per heavy atom. The zero-order valence-corrected chi connectivity index (χ0v) is 62.3. The highest BCUT2D eigenvalue weighted by molar-refractivity contribution is 7.47. The minimum Gasteiger partial charge on any atom is -0.462 e. The zero-order valence-electron chi connectivity index (χ0n) is 60.6. The summed E-state index contributed by atoms with van der Waals surface area (Å²) in [5, 5.41) is 10.6. The predicted octanol–water partition coefficient (Wildman–Crippen LogP) is 21.6. The summed E-state index contributed by atoms with van der Waals surface area (Å²) in [7, 11) is -9.90. The first-order valence-electron chi connectivity index (χ1n) is 38.5. The lowest BCUT2D eigenvalue weighted by Gasteiger charge is -2.21. The summed E-state index contributed by atoms with van der Waals surface area (Å²) in [6.07, 6.45) is 52.8. The van der Waals surface area contributed by atoms with E-state index in [9.17, 15) is 43.2 Å². The summed E-state index contributed by atoms with van der Waals surface area (Å²) < 4.78 is 68.4. The molecule has 0 aromatic carbocycles. The van der Waals surface area contributed by atoms with Crippen molar-refractivity contribution in [3.63, 3.8) is 0 Å². The quantitative estimate of drug-likeness (QED) is 0.0222. The summed E-state index contributed by atoms with van der Waals surface area (Å²) in [5.41, 5.74) is 0. The molecule has 0 aliphatic heterocycles. The van der Waals surface area contributed by atoms with Gasteiger partial charge in [0.25, 0.3) is 0 Å². The van der Waals surface area contributed by atoms with Gasteiger partial charge in [0.1, 0.15) is 19.3 Å². The lowest BCUT2D eigenvalue weighted by molar-refractivity contribution is -0.161. The SMILES string of the molecule is CCCCCCCCCCCCCCCCCCC(=O)OC[C@H](COP(=O)(O)OC[C@@H](O)COP(=O)(O)OC[C@@H](COC(=O)CCCCCCCCCCCC)OC(=O)CCCCCCCCCC(C)C)OC(=O)CCCCCCCCCCCCCCCCC(C)C. The predicted molar refractivity (Wildman–Crippen MR) is 377 cm³/mol. The molecular formula is C74H144O17P2. The molecule has 0 aromatic heterocycles. The third-order valence-electron chi connectivity index (χ3n) is 17.2. The van der Waals surface area contributed by atoms with Crippen LogP contribution in [0.1, 0.15) is 382 Å². The number of carbonyl (C=O) groups is 4. The molecule has 552 valence electrons. The monoisotopic (exact) mass is 1370 g/mol. The van der Waals surface area contributed by atoms with Crippen LogP contribution in [0.5, 0.6) is 0 Å². The largest absolute Gasteiger partial charge is 0.472 e. The van der Waals surface area contributed by atoms with Gasteiger partial charge >= 0.3 is 39.5 Å². The molecule has 0 aliphatic carbocycles. The molecule has 5 atom stereocenters. The molecule has 0 aromatic rings. The van der Waals surface area contributed by atoms with Crippen LogP contribution in [0, 0.1) is 11.8 Å². The first-order chi connectivity index (χ1) is 44.9. The van der Waals surface area contributed by atoms with Crippen LogP contribution in [-0.2, 0) is 65.4 Å². The van der Waals surface area contributed by atoms with Gasteiger partial charge in [0.15, 0.2) is 12.2 Å². The Morgan fingerprint density at radius 3 is 0.731 bits per heavy atom. The van der Waals surface area contributed by atoms with Crippen LogP contribution in [0.3, 0.4) is 0 Å². The lowest BCUT2D eigenvalue weighted by Crippen LogP contribution is -2.30. The summed E-state index contributed by atoms with van der Waals surface area (Å²) in [6, 6.07) is 0. The van der Waals surface area contributed by atoms with E-state index in [2.05, 4.69) is 41.5 Å². The van der Waals surface area contributed by atoms with Crippen molar-refractivity contribution in [2.75, 3.05) is 39.6 Å². The third kappa shape index (κ3) is 68.4. The van der Waals surface area contributed by atoms with Gasteiger partial charge in [0, 0.05) is 25.7 Å². The minimum absolute atomic E-state index is 0.104. The fourth-order valence-electron chi connectivity index (χ4n) is 11.3. The van der Waals surface area contributed by atoms with Crippen molar-refractivity contribution in [3.05, 3.63) is 0 Å². The molecule has 19 heteroatoms. The molecule has 0 bridgehead atoms. The van der Waals surface area contributed by atoms with Gasteiger partial charge in [-0.3, -0.25) is 37.3 Å². The van der Waals surface area contributed by atoms with Gasteiger partial charge in [-0.1, -0.05) is 330 Å². The fraction of sp³-hybridized carbons (Fsp3) is 0.946. The van der Waals surface area contributed by atoms with E-state index in [4.69, 9.17) is 37.0 Å². The van der Waals surface area contributed by atoms with E-state index in [0.29, 0.717) is 31.6 Å². The number of esters is 4. The van der Waals surface area contributed by atoms with E-state index in [0.717, 1.165) is 95.8 Å². The number of hydrogen-bond acceptors (Lipinski definition) is 15. The Kier molecular flexibility index (Phi) is 64.6. The number of carbonyl (C=O) groups excluding carboxylic acids is 4. The van der Waals surface area contributed by atoms with E-state index in [1.54, 1.807) is 0 Å². The van der Waals surface area contributed by atoms with Crippen molar-refractivity contribution in [2.45, 2.75) is 400 Å². The number of phosphoric ester groups is 2. The van der Waals surface area contributed by atoms with Gasteiger partial charge in [-0.2, -0.15) is 0 Å². The Labute approximate surface area is 568 Å². The number of hydrogen-bond donors (Lipinski definition) is 3. The zero-order chi connectivity index (χ0) is 68.6. The van der Waals surface area contributed by atoms with E-state index in [1.165, 1.54) is 199 Å². The average molecular weight is 1370 g/mol. The van der Waals surface area contributed by atoms with Crippen LogP contribution >= 0.6 is 15.6 Å². The Bertz CT molecular complexity index is 1800. The summed E-state index contributed by atoms with van der Waals surface area (Å²) >= 11 is 0. The summed E-state index contributed by atoms with van der Waals surface area (Å²) in [4.78, 5) is 72.7. The smallest absolute Gasteiger partial charge is 0.462 e. The van der Waals surface area contributed by atoms with Crippen LogP contribution in [0.15, 0.2) is 0 Å². The van der Waals surface area contributed by atoms with Gasteiger partial charge in [-0.25, -0.2) is 9.13 Å². The first kappa shape index (κ1) is 91.1. The van der Waals surface area contributed by atoms with Crippen LogP contribution in [0.2, 0.25) is 0 Å². The molecular weight excluding hydrogens is 1220 g/mol. The summed E-state index contributed by atoms with van der Waals surface area (Å²) in [6.45, 7) is 9.53. The summed E-state index contributed by atoms with van der Waals surface area (Å²) in [5.74, 6) is -0.629. The molecule has 0 fully saturated rings. The highest BCUT2D eigenvalue weighted by Crippen LogP contribution is 2.45. The number of ether oxygens (including phenoxy) is 4. The van der Waals surface area contributed by atoms with E-state index >= 15 is 0 Å². The van der Waals surface area contributed by atoms with E-state index in [1.807, 2.05) is 0 Å². The molecule has 0 heterocycles. The molecule has 0 saturated heterocycles. The third-order valence-corrected chi connectivity index (χ3v) is 19.1. The van der Waals surface area contributed by atoms with Crippen LogP contribution in [0.25, 0.3) is 0 Å². The minimum atomic E-state index is -4.96. The molecule has 17 nitrogen and oxygen atoms in total. The average Bonchev–Trinajstić information content (AvgIpc) is 1.73. The molecule has 2 unspecified atom stereocenters. The first-order valence-corrected chi connectivity index (χ1v) is 41.5. The number of aliphatic hydroxyl groups is 1. The number of aliphatic hydroxyl groups excluding tert-OH is 1. The van der Waals surface area contributed by atoms with Gasteiger partial charge in [-0.15, -0.1) is 0 Å². The second-order valence-electron chi connectivity index (χ2n) is 27.6. The van der Waals surface area contributed by atoms with Crippen molar-refractivity contribution in [3.8, 4) is 0 Å². The molecule has 0 amide bonds. The van der Waals surface area contributed by atoms with Gasteiger partial charge in [-0.05, 0) is 37.5 Å². The lowest BCUT2D eigenvalue weighted by atomic mass is 10.0. The van der Waals surface area contributed by atoms with E-state index < -0.39 is 97.5 Å². The highest BCUT2D eigenvalue weighted by atomic mass is 31.2. The van der Waals surface area contributed by atoms with Crippen molar-refractivity contribution >= 4 is 39.5 Å². The number of unbranched alkanes of at least 4 members (excludes halogenated alkanes) is 43. The number of phosphoric acid groups is 2. The van der Waals surface area contributed by atoms with Gasteiger partial charge < -0.3 is 33.8 Å². The Balaban J connectivity index is 5.22. The molecule has 3 N–H and O–H groups in total. The molecule has 0 saturated carbocycles. The maximum Gasteiger partial charge on any atom is 0.472 e. The Morgan fingerprint density at radius 1 is 0.290 bits per heavy atom. The number of rotatable bonds is 73. The standard InChI is InChI=1S/C74H144O17P2/c1-7-9-11-13-15-17-19-20-21-22-26-29-33-39-45-51-57-72(77)85-62-69(90-73(78)58-52-46-40-34-30-27-24-23-25-28-31-36-42-48-54-66(3)4)64-88-92(80,81)86-60-68(75)61-87-93(82,83)89-65-70(91-74(79)59-53-47-41-35-37-43-49-55-67(5)6)63-84-71(76)56-50-44-38-32-18-16-14-12-10-8-2/h66-70,75H,7-65H2,1-6H3,(H,80,81)(H,82,83)/t68-,69-,70-/m1/s1.